The lowest BCUT2D eigenvalue weighted by atomic mass is 10.1. The molecule has 0 aliphatic heterocycles. The van der Waals surface area contributed by atoms with Crippen LogP contribution in [0.3, 0.4) is 0 Å². The molecule has 0 bridgehead atoms. The van der Waals surface area contributed by atoms with Gasteiger partial charge in [0.1, 0.15) is 0 Å². The van der Waals surface area contributed by atoms with Gasteiger partial charge in [0.15, 0.2) is 0 Å². The fourth-order valence-electron chi connectivity index (χ4n) is 1.60. The average Bonchev–Trinajstić information content (AvgIpc) is 2.37. The van der Waals surface area contributed by atoms with Crippen molar-refractivity contribution in [2.45, 2.75) is 6.42 Å². The van der Waals surface area contributed by atoms with E-state index in [1.54, 1.807) is 0 Å². The van der Waals surface area contributed by atoms with Crippen LogP contribution >= 0.6 is 0 Å². The fourth-order valence-corrected chi connectivity index (χ4v) is 1.60. The molecule has 0 heterocycles. The van der Waals surface area contributed by atoms with Crippen LogP contribution in [0, 0.1) is 0 Å². The van der Waals surface area contributed by atoms with Gasteiger partial charge >= 0.3 is 5.97 Å². The molecule has 0 aromatic rings. The van der Waals surface area contributed by atoms with E-state index in [1.165, 1.54) is 0 Å². The third kappa shape index (κ3) is 1.59. The predicted molar refractivity (Wildman–Crippen MR) is 54.4 cm³/mol. The standard InChI is InChI=1S/C12H10O2/c13-12(14)8-10-7-6-9-4-2-1-3-5-11(9)10/h1-7H,8H2,(H,13,14). The maximum Gasteiger partial charge on any atom is 0.307 e. The molecule has 0 fully saturated rings. The zero-order chi connectivity index (χ0) is 9.97. The lowest BCUT2D eigenvalue weighted by Gasteiger charge is -1.96. The molecule has 0 amide bonds. The summed E-state index contributed by atoms with van der Waals surface area (Å²) in [5, 5.41) is 8.71. The molecule has 1 N–H and O–H groups in total. The van der Waals surface area contributed by atoms with Gasteiger partial charge in [-0.15, -0.1) is 0 Å². The third-order valence-corrected chi connectivity index (χ3v) is 2.22. The Labute approximate surface area is 82.2 Å². The summed E-state index contributed by atoms with van der Waals surface area (Å²) >= 11 is 0. The van der Waals surface area contributed by atoms with Crippen molar-refractivity contribution in [1.29, 1.82) is 0 Å². The summed E-state index contributed by atoms with van der Waals surface area (Å²) in [7, 11) is 0. The fraction of sp³-hybridized carbons (Fsp3) is 0.0833. The van der Waals surface area contributed by atoms with Crippen LogP contribution in [-0.4, -0.2) is 11.1 Å². The summed E-state index contributed by atoms with van der Waals surface area (Å²) < 4.78 is 0. The van der Waals surface area contributed by atoms with Crippen LogP contribution in [0.15, 0.2) is 42.5 Å². The van der Waals surface area contributed by atoms with Crippen molar-refractivity contribution in [2.75, 3.05) is 0 Å². The quantitative estimate of drug-likeness (QED) is 0.782. The highest BCUT2D eigenvalue weighted by atomic mass is 16.4. The number of rotatable bonds is 2. The molecule has 0 atom stereocenters. The predicted octanol–water partition coefficient (Wildman–Crippen LogP) is 2.42. The second-order valence-electron chi connectivity index (χ2n) is 3.21. The molecule has 0 saturated heterocycles. The highest BCUT2D eigenvalue weighted by molar-refractivity contribution is 5.78. The Balaban J connectivity index is 2.47. The molecule has 0 saturated carbocycles. The number of carbonyl (C=O) groups is 1. The Morgan fingerprint density at radius 1 is 1.07 bits per heavy atom. The van der Waals surface area contributed by atoms with Gasteiger partial charge in [0.05, 0.1) is 6.42 Å². The van der Waals surface area contributed by atoms with E-state index in [4.69, 9.17) is 5.11 Å². The van der Waals surface area contributed by atoms with Crippen LogP contribution in [0.4, 0.5) is 0 Å². The summed E-state index contributed by atoms with van der Waals surface area (Å²) in [4.78, 5) is 10.6. The molecule has 2 aliphatic rings. The SMILES string of the molecule is O=C(O)Cc1ccc2cccccc1-2. The maximum atomic E-state index is 10.6. The van der Waals surface area contributed by atoms with Gasteiger partial charge in [0, 0.05) is 0 Å². The van der Waals surface area contributed by atoms with Gasteiger partial charge in [0.25, 0.3) is 0 Å². The molecule has 2 nitrogen and oxygen atoms in total. The van der Waals surface area contributed by atoms with Crippen molar-refractivity contribution in [2.24, 2.45) is 0 Å². The van der Waals surface area contributed by atoms with E-state index in [1.807, 2.05) is 42.5 Å². The molecule has 0 aromatic heterocycles. The van der Waals surface area contributed by atoms with Crippen molar-refractivity contribution < 1.29 is 9.90 Å². The molecule has 2 aliphatic carbocycles. The van der Waals surface area contributed by atoms with E-state index in [2.05, 4.69) is 0 Å². The van der Waals surface area contributed by atoms with Crippen LogP contribution in [0.5, 0.6) is 0 Å². The molecule has 0 unspecified atom stereocenters. The smallest absolute Gasteiger partial charge is 0.307 e. The summed E-state index contributed by atoms with van der Waals surface area (Å²) in [5.74, 6) is -0.788. The minimum atomic E-state index is -0.788. The molecule has 2 rings (SSSR count). The Kier molecular flexibility index (Phi) is 2.19. The first-order valence-corrected chi connectivity index (χ1v) is 4.46. The van der Waals surface area contributed by atoms with Crippen LogP contribution in [-0.2, 0) is 11.2 Å². The molecule has 0 radical (unpaired) electrons. The molecule has 0 spiro atoms. The van der Waals surface area contributed by atoms with Crippen molar-refractivity contribution in [3.63, 3.8) is 0 Å². The van der Waals surface area contributed by atoms with E-state index in [0.717, 1.165) is 16.7 Å². The van der Waals surface area contributed by atoms with Gasteiger partial charge in [-0.2, -0.15) is 0 Å². The van der Waals surface area contributed by atoms with Crippen LogP contribution < -0.4 is 0 Å². The number of carboxylic acids is 1. The molecule has 70 valence electrons. The minimum absolute atomic E-state index is 0.0908. The Bertz CT molecular complexity index is 434. The van der Waals surface area contributed by atoms with E-state index >= 15 is 0 Å². The lowest BCUT2D eigenvalue weighted by molar-refractivity contribution is -0.136. The second kappa shape index (κ2) is 3.50. The highest BCUT2D eigenvalue weighted by Gasteiger charge is 2.09. The molecular weight excluding hydrogens is 176 g/mol. The third-order valence-electron chi connectivity index (χ3n) is 2.22. The summed E-state index contributed by atoms with van der Waals surface area (Å²) in [6.07, 6.45) is 0.0908. The zero-order valence-electron chi connectivity index (χ0n) is 7.60. The van der Waals surface area contributed by atoms with E-state index in [-0.39, 0.29) is 6.42 Å². The van der Waals surface area contributed by atoms with Gasteiger partial charge in [-0.1, -0.05) is 42.5 Å². The van der Waals surface area contributed by atoms with Crippen molar-refractivity contribution >= 4 is 5.97 Å². The lowest BCUT2D eigenvalue weighted by Crippen LogP contribution is -1.99. The molecule has 2 heteroatoms. The van der Waals surface area contributed by atoms with E-state index in [0.29, 0.717) is 0 Å². The van der Waals surface area contributed by atoms with Gasteiger partial charge in [-0.05, 0) is 16.7 Å². The zero-order valence-corrected chi connectivity index (χ0v) is 7.60. The van der Waals surface area contributed by atoms with Crippen LogP contribution in [0.25, 0.3) is 11.1 Å². The van der Waals surface area contributed by atoms with Crippen LogP contribution in [0.1, 0.15) is 5.56 Å². The van der Waals surface area contributed by atoms with Crippen LogP contribution in [0.2, 0.25) is 0 Å². The second-order valence-corrected chi connectivity index (χ2v) is 3.21. The number of hydrogen-bond acceptors (Lipinski definition) is 1. The molecule has 14 heavy (non-hydrogen) atoms. The highest BCUT2D eigenvalue weighted by Crippen LogP contribution is 2.26. The number of hydrogen-bond donors (Lipinski definition) is 1. The van der Waals surface area contributed by atoms with E-state index in [9.17, 15) is 4.79 Å². The Morgan fingerprint density at radius 3 is 2.64 bits per heavy atom. The van der Waals surface area contributed by atoms with Gasteiger partial charge in [-0.3, -0.25) is 4.79 Å². The van der Waals surface area contributed by atoms with Crippen molar-refractivity contribution in [3.05, 3.63) is 48.0 Å². The Morgan fingerprint density at radius 2 is 1.86 bits per heavy atom. The first-order chi connectivity index (χ1) is 6.77. The topological polar surface area (TPSA) is 37.3 Å². The first kappa shape index (κ1) is 8.75. The summed E-state index contributed by atoms with van der Waals surface area (Å²) in [6, 6.07) is 13.6. The van der Waals surface area contributed by atoms with Gasteiger partial charge in [-0.25, -0.2) is 0 Å². The van der Waals surface area contributed by atoms with Gasteiger partial charge < -0.3 is 5.11 Å². The Hall–Kier alpha value is -1.83. The normalized spacial score (nSPS) is 10.3. The molecule has 0 aromatic carbocycles. The largest absolute Gasteiger partial charge is 0.481 e. The number of carboxylic acid groups (broad SMARTS) is 1. The average molecular weight is 186 g/mol. The first-order valence-electron chi connectivity index (χ1n) is 4.46. The van der Waals surface area contributed by atoms with Crippen molar-refractivity contribution in [3.8, 4) is 11.1 Å². The molecular formula is C12H10O2. The minimum Gasteiger partial charge on any atom is -0.481 e. The maximum absolute atomic E-state index is 10.6. The number of fused-ring (bicyclic) bond motifs is 1. The summed E-state index contributed by atoms with van der Waals surface area (Å²) in [6.45, 7) is 0. The number of aliphatic carboxylic acids is 1. The van der Waals surface area contributed by atoms with Gasteiger partial charge in [0.2, 0.25) is 0 Å². The monoisotopic (exact) mass is 186 g/mol. The summed E-state index contributed by atoms with van der Waals surface area (Å²) in [5.41, 5.74) is 2.99. The van der Waals surface area contributed by atoms with Crippen molar-refractivity contribution in [1.82, 2.24) is 0 Å². The van der Waals surface area contributed by atoms with E-state index < -0.39 is 5.97 Å².